The Kier molecular flexibility index (Phi) is 3.45. The molecule has 0 amide bonds. The smallest absolute Gasteiger partial charge is 0.148 e. The molecule has 5 heteroatoms. The van der Waals surface area contributed by atoms with Crippen LogP contribution in [0.5, 0.6) is 0 Å². The number of hydrogen-bond acceptors (Lipinski definition) is 4. The van der Waals surface area contributed by atoms with E-state index in [4.69, 9.17) is 10.5 Å². The van der Waals surface area contributed by atoms with Crippen LogP contribution in [0.15, 0.2) is 18.2 Å². The van der Waals surface area contributed by atoms with Crippen LogP contribution in [-0.4, -0.2) is 36.5 Å². The third-order valence-electron chi connectivity index (χ3n) is 3.06. The normalized spacial score (nSPS) is 23.1. The zero-order chi connectivity index (χ0) is 13.3. The van der Waals surface area contributed by atoms with Gasteiger partial charge >= 0.3 is 0 Å². The van der Waals surface area contributed by atoms with E-state index in [2.05, 4.69) is 0 Å². The highest BCUT2D eigenvalue weighted by Gasteiger charge is 2.33. The van der Waals surface area contributed by atoms with Gasteiger partial charge in [0.25, 0.3) is 0 Å². The summed E-state index contributed by atoms with van der Waals surface area (Å²) in [6.45, 7) is 4.94. The first kappa shape index (κ1) is 13.1. The number of aliphatic hydroxyl groups excluding tert-OH is 1. The van der Waals surface area contributed by atoms with E-state index in [1.54, 1.807) is 12.1 Å². The number of halogens is 1. The number of rotatable bonds is 2. The van der Waals surface area contributed by atoms with Crippen molar-refractivity contribution in [3.63, 3.8) is 0 Å². The van der Waals surface area contributed by atoms with Crippen molar-refractivity contribution in [3.05, 3.63) is 24.0 Å². The number of anilines is 2. The molecule has 1 aliphatic heterocycles. The number of morpholine rings is 1. The number of nitrogens with zero attached hydrogens (tertiary/aromatic N) is 1. The lowest BCUT2D eigenvalue weighted by molar-refractivity contribution is -0.100. The number of para-hydroxylation sites is 1. The quantitative estimate of drug-likeness (QED) is 0.783. The van der Waals surface area contributed by atoms with Crippen molar-refractivity contribution in [1.29, 1.82) is 0 Å². The summed E-state index contributed by atoms with van der Waals surface area (Å²) < 4.78 is 19.2. The molecule has 3 N–H and O–H groups in total. The first-order valence-electron chi connectivity index (χ1n) is 6.00. The minimum atomic E-state index is -0.419. The van der Waals surface area contributed by atoms with Gasteiger partial charge < -0.3 is 20.5 Å². The minimum Gasteiger partial charge on any atom is -0.395 e. The first-order chi connectivity index (χ1) is 8.43. The van der Waals surface area contributed by atoms with Gasteiger partial charge in [-0.25, -0.2) is 4.39 Å². The van der Waals surface area contributed by atoms with Gasteiger partial charge in [0.15, 0.2) is 0 Å². The SMILES string of the molecule is CC1(C)CN(c2cccc(F)c2N)CC(CO)O1. The topological polar surface area (TPSA) is 58.7 Å². The average Bonchev–Trinajstić information content (AvgIpc) is 2.30. The Morgan fingerprint density at radius 2 is 2.28 bits per heavy atom. The predicted molar refractivity (Wildman–Crippen MR) is 69.1 cm³/mol. The Labute approximate surface area is 106 Å². The van der Waals surface area contributed by atoms with Crippen molar-refractivity contribution >= 4 is 11.4 Å². The third-order valence-corrected chi connectivity index (χ3v) is 3.06. The molecule has 0 saturated carbocycles. The molecule has 0 bridgehead atoms. The van der Waals surface area contributed by atoms with Gasteiger partial charge in [0, 0.05) is 13.1 Å². The van der Waals surface area contributed by atoms with Crippen LogP contribution in [0.2, 0.25) is 0 Å². The van der Waals surface area contributed by atoms with Crippen molar-refractivity contribution in [1.82, 2.24) is 0 Å². The number of nitrogen functional groups attached to an aromatic ring is 1. The molecule has 4 nitrogen and oxygen atoms in total. The zero-order valence-electron chi connectivity index (χ0n) is 10.7. The van der Waals surface area contributed by atoms with Crippen LogP contribution in [0.1, 0.15) is 13.8 Å². The lowest BCUT2D eigenvalue weighted by Gasteiger charge is -2.43. The lowest BCUT2D eigenvalue weighted by Crippen LogP contribution is -2.54. The van der Waals surface area contributed by atoms with Gasteiger partial charge in [-0.1, -0.05) is 6.07 Å². The van der Waals surface area contributed by atoms with E-state index < -0.39 is 11.4 Å². The molecule has 100 valence electrons. The van der Waals surface area contributed by atoms with Crippen LogP contribution in [0.25, 0.3) is 0 Å². The van der Waals surface area contributed by atoms with Gasteiger partial charge in [-0.2, -0.15) is 0 Å². The molecule has 1 aromatic carbocycles. The number of hydrogen-bond donors (Lipinski definition) is 2. The van der Waals surface area contributed by atoms with E-state index in [-0.39, 0.29) is 18.4 Å². The standard InChI is InChI=1S/C13H19FN2O2/c1-13(2)8-16(6-9(7-17)18-13)11-5-3-4-10(14)12(11)15/h3-5,9,17H,6-8,15H2,1-2H3. The summed E-state index contributed by atoms with van der Waals surface area (Å²) in [4.78, 5) is 1.96. The molecule has 1 heterocycles. The fourth-order valence-corrected chi connectivity index (χ4v) is 2.38. The van der Waals surface area contributed by atoms with E-state index in [0.29, 0.717) is 18.8 Å². The second-order valence-electron chi connectivity index (χ2n) is 5.24. The largest absolute Gasteiger partial charge is 0.395 e. The zero-order valence-corrected chi connectivity index (χ0v) is 10.7. The van der Waals surface area contributed by atoms with Gasteiger partial charge in [-0.05, 0) is 26.0 Å². The van der Waals surface area contributed by atoms with Crippen LogP contribution in [0, 0.1) is 5.82 Å². The highest BCUT2D eigenvalue weighted by Crippen LogP contribution is 2.31. The number of benzene rings is 1. The average molecular weight is 254 g/mol. The molecule has 2 rings (SSSR count). The van der Waals surface area contributed by atoms with Gasteiger partial charge in [-0.15, -0.1) is 0 Å². The van der Waals surface area contributed by atoms with Crippen LogP contribution < -0.4 is 10.6 Å². The molecular formula is C13H19FN2O2. The Morgan fingerprint density at radius 1 is 1.56 bits per heavy atom. The fraction of sp³-hybridized carbons (Fsp3) is 0.538. The Bertz CT molecular complexity index is 437. The van der Waals surface area contributed by atoms with E-state index >= 15 is 0 Å². The molecular weight excluding hydrogens is 235 g/mol. The van der Waals surface area contributed by atoms with Crippen LogP contribution >= 0.6 is 0 Å². The third kappa shape index (κ3) is 2.57. The van der Waals surface area contributed by atoms with Crippen molar-refractivity contribution in [2.45, 2.75) is 25.6 Å². The van der Waals surface area contributed by atoms with E-state index in [1.165, 1.54) is 6.07 Å². The molecule has 1 fully saturated rings. The Balaban J connectivity index is 2.29. The van der Waals surface area contributed by atoms with Crippen LogP contribution in [0.4, 0.5) is 15.8 Å². The molecule has 18 heavy (non-hydrogen) atoms. The summed E-state index contributed by atoms with van der Waals surface area (Å²) in [6.07, 6.45) is -0.281. The minimum absolute atomic E-state index is 0.0604. The lowest BCUT2D eigenvalue weighted by atomic mass is 10.0. The predicted octanol–water partition coefficient (Wildman–Crippen LogP) is 1.38. The van der Waals surface area contributed by atoms with Crippen molar-refractivity contribution < 1.29 is 14.2 Å². The maximum atomic E-state index is 13.5. The maximum Gasteiger partial charge on any atom is 0.148 e. The fourth-order valence-electron chi connectivity index (χ4n) is 2.38. The van der Waals surface area contributed by atoms with Gasteiger partial charge in [0.1, 0.15) is 5.82 Å². The Morgan fingerprint density at radius 3 is 2.94 bits per heavy atom. The maximum absolute atomic E-state index is 13.5. The van der Waals surface area contributed by atoms with Crippen molar-refractivity contribution in [2.24, 2.45) is 0 Å². The van der Waals surface area contributed by atoms with Crippen LogP contribution in [0.3, 0.4) is 0 Å². The van der Waals surface area contributed by atoms with Crippen LogP contribution in [-0.2, 0) is 4.74 Å². The second-order valence-corrected chi connectivity index (χ2v) is 5.24. The summed E-state index contributed by atoms with van der Waals surface area (Å²) in [6, 6.07) is 4.76. The van der Waals surface area contributed by atoms with Gasteiger partial charge in [-0.3, -0.25) is 0 Å². The molecule has 1 aromatic rings. The number of ether oxygens (including phenoxy) is 1. The summed E-state index contributed by atoms with van der Waals surface area (Å²) in [5.74, 6) is -0.419. The van der Waals surface area contributed by atoms with Crippen molar-refractivity contribution in [3.8, 4) is 0 Å². The molecule has 0 spiro atoms. The molecule has 1 saturated heterocycles. The summed E-state index contributed by atoms with van der Waals surface area (Å²) in [5.41, 5.74) is 6.17. The highest BCUT2D eigenvalue weighted by molar-refractivity contribution is 5.68. The van der Waals surface area contributed by atoms with Crippen molar-refractivity contribution in [2.75, 3.05) is 30.3 Å². The molecule has 0 aromatic heterocycles. The molecule has 1 atom stereocenters. The van der Waals surface area contributed by atoms with Gasteiger partial charge in [0.2, 0.25) is 0 Å². The Hall–Kier alpha value is -1.33. The summed E-state index contributed by atoms with van der Waals surface area (Å²) >= 11 is 0. The number of aliphatic hydroxyl groups is 1. The van der Waals surface area contributed by atoms with E-state index in [9.17, 15) is 9.50 Å². The van der Waals surface area contributed by atoms with E-state index in [1.807, 2.05) is 18.7 Å². The summed E-state index contributed by atoms with van der Waals surface area (Å²) in [5, 5.41) is 9.25. The van der Waals surface area contributed by atoms with E-state index in [0.717, 1.165) is 0 Å². The first-order valence-corrected chi connectivity index (χ1v) is 6.00. The molecule has 0 radical (unpaired) electrons. The van der Waals surface area contributed by atoms with Gasteiger partial charge in [0.05, 0.1) is 29.7 Å². The monoisotopic (exact) mass is 254 g/mol. The second kappa shape index (κ2) is 4.74. The highest BCUT2D eigenvalue weighted by atomic mass is 19.1. The summed E-state index contributed by atoms with van der Waals surface area (Å²) in [7, 11) is 0. The number of nitrogens with two attached hydrogens (primary N) is 1. The molecule has 1 unspecified atom stereocenters. The molecule has 1 aliphatic rings. The molecule has 0 aliphatic carbocycles.